The summed E-state index contributed by atoms with van der Waals surface area (Å²) >= 11 is 5.86. The smallest absolute Gasteiger partial charge is 0.246 e. The average molecular weight is 475 g/mol. The molecule has 0 aliphatic carbocycles. The van der Waals surface area contributed by atoms with E-state index in [2.05, 4.69) is 15.5 Å². The van der Waals surface area contributed by atoms with Crippen molar-refractivity contribution in [3.05, 3.63) is 65.0 Å². The van der Waals surface area contributed by atoms with Crippen LogP contribution in [0.2, 0.25) is 5.02 Å². The monoisotopic (exact) mass is 474 g/mol. The Labute approximate surface area is 191 Å². The van der Waals surface area contributed by atoms with E-state index in [1.807, 2.05) is 31.2 Å². The Hall–Kier alpha value is -2.75. The molecule has 1 aliphatic rings. The minimum atomic E-state index is -3.69. The van der Waals surface area contributed by atoms with Crippen LogP contribution in [-0.2, 0) is 21.4 Å². The van der Waals surface area contributed by atoms with E-state index in [9.17, 15) is 13.2 Å². The summed E-state index contributed by atoms with van der Waals surface area (Å²) in [6.07, 6.45) is 1.21. The summed E-state index contributed by atoms with van der Waals surface area (Å²) in [4.78, 5) is 17.2. The Bertz CT molecular complexity index is 1190. The molecular formula is C22H23ClN4O4S. The number of carbonyl (C=O) groups is 1. The van der Waals surface area contributed by atoms with E-state index in [1.54, 1.807) is 0 Å². The number of nitrogens with zero attached hydrogens (tertiary/aromatic N) is 3. The highest BCUT2D eigenvalue weighted by atomic mass is 35.5. The van der Waals surface area contributed by atoms with E-state index in [0.29, 0.717) is 30.2 Å². The molecule has 0 radical (unpaired) electrons. The van der Waals surface area contributed by atoms with Gasteiger partial charge >= 0.3 is 0 Å². The molecule has 2 heterocycles. The molecule has 1 aliphatic heterocycles. The summed E-state index contributed by atoms with van der Waals surface area (Å²) in [5, 5.41) is 7.21. The first-order chi connectivity index (χ1) is 15.3. The Morgan fingerprint density at radius 2 is 1.91 bits per heavy atom. The number of sulfonamides is 1. The molecule has 2 aromatic carbocycles. The number of aromatic nitrogens is 2. The normalized spacial score (nSPS) is 17.2. The molecule has 4 rings (SSSR count). The van der Waals surface area contributed by atoms with Crippen molar-refractivity contribution in [1.82, 2.24) is 19.8 Å². The van der Waals surface area contributed by atoms with Crippen molar-refractivity contribution in [2.24, 2.45) is 5.92 Å². The summed E-state index contributed by atoms with van der Waals surface area (Å²) in [6, 6.07) is 13.8. The topological polar surface area (TPSA) is 105 Å². The largest absolute Gasteiger partial charge is 0.347 e. The first-order valence-electron chi connectivity index (χ1n) is 10.3. The van der Waals surface area contributed by atoms with Crippen LogP contribution in [0.3, 0.4) is 0 Å². The summed E-state index contributed by atoms with van der Waals surface area (Å²) < 4.78 is 32.4. The number of nitrogens with one attached hydrogen (secondary N) is 1. The highest BCUT2D eigenvalue weighted by Crippen LogP contribution is 2.25. The van der Waals surface area contributed by atoms with Crippen LogP contribution in [0.1, 0.15) is 24.3 Å². The zero-order valence-corrected chi connectivity index (χ0v) is 19.1. The highest BCUT2D eigenvalue weighted by molar-refractivity contribution is 7.89. The van der Waals surface area contributed by atoms with E-state index < -0.39 is 15.9 Å². The number of hydrogen-bond donors (Lipinski definition) is 1. The maximum absolute atomic E-state index is 12.9. The third-order valence-corrected chi connectivity index (χ3v) is 7.53. The summed E-state index contributed by atoms with van der Waals surface area (Å²) in [5.74, 6) is 0.0453. The van der Waals surface area contributed by atoms with Gasteiger partial charge in [-0.05, 0) is 44.0 Å². The van der Waals surface area contributed by atoms with Gasteiger partial charge in [0.2, 0.25) is 27.6 Å². The van der Waals surface area contributed by atoms with Gasteiger partial charge in [0.15, 0.2) is 0 Å². The molecule has 1 aromatic heterocycles. The Kier molecular flexibility index (Phi) is 6.59. The lowest BCUT2D eigenvalue weighted by Crippen LogP contribution is -2.45. The number of hydrogen-bond acceptors (Lipinski definition) is 6. The summed E-state index contributed by atoms with van der Waals surface area (Å²) in [6.45, 7) is 2.57. The van der Waals surface area contributed by atoms with E-state index >= 15 is 0 Å². The zero-order chi connectivity index (χ0) is 22.7. The van der Waals surface area contributed by atoms with Gasteiger partial charge in [0.25, 0.3) is 0 Å². The number of rotatable bonds is 6. The second-order valence-corrected chi connectivity index (χ2v) is 10.1. The first-order valence-corrected chi connectivity index (χ1v) is 12.1. The number of aryl methyl sites for hydroxylation is 1. The molecule has 0 unspecified atom stereocenters. The van der Waals surface area contributed by atoms with Crippen molar-refractivity contribution < 1.29 is 17.7 Å². The lowest BCUT2D eigenvalue weighted by Gasteiger charge is -2.31. The lowest BCUT2D eigenvalue weighted by atomic mass is 9.99. The predicted molar refractivity (Wildman–Crippen MR) is 119 cm³/mol. The molecule has 1 N–H and O–H groups in total. The van der Waals surface area contributed by atoms with Crippen LogP contribution in [0.25, 0.3) is 11.4 Å². The molecule has 0 spiro atoms. The van der Waals surface area contributed by atoms with Crippen molar-refractivity contribution in [2.45, 2.75) is 31.2 Å². The zero-order valence-electron chi connectivity index (χ0n) is 17.5. The van der Waals surface area contributed by atoms with Crippen molar-refractivity contribution in [2.75, 3.05) is 13.1 Å². The van der Waals surface area contributed by atoms with Crippen LogP contribution in [0.4, 0.5) is 0 Å². The van der Waals surface area contributed by atoms with Gasteiger partial charge in [-0.1, -0.05) is 46.6 Å². The minimum absolute atomic E-state index is 0.0815. The lowest BCUT2D eigenvalue weighted by molar-refractivity contribution is -0.126. The number of halogens is 1. The molecule has 8 nitrogen and oxygen atoms in total. The summed E-state index contributed by atoms with van der Waals surface area (Å²) in [7, 11) is -3.69. The van der Waals surface area contributed by atoms with Crippen molar-refractivity contribution in [3.8, 4) is 11.4 Å². The van der Waals surface area contributed by atoms with E-state index in [4.69, 9.17) is 16.1 Å². The standard InChI is InChI=1S/C22H23ClN4O4S/c1-15-4-6-16(7-5-15)21-25-20(31-26-21)13-24-22(28)17-3-2-12-27(14-17)32(29,30)19-10-8-18(23)9-11-19/h4-11,17H,2-3,12-14H2,1H3,(H,24,28)/t17-/m0/s1. The van der Waals surface area contributed by atoms with Crippen LogP contribution >= 0.6 is 11.6 Å². The van der Waals surface area contributed by atoms with Crippen molar-refractivity contribution >= 4 is 27.5 Å². The number of benzene rings is 2. The third-order valence-electron chi connectivity index (χ3n) is 5.40. The van der Waals surface area contributed by atoms with Gasteiger partial charge in [-0.25, -0.2) is 8.42 Å². The van der Waals surface area contributed by atoms with Gasteiger partial charge in [0.1, 0.15) is 0 Å². The van der Waals surface area contributed by atoms with Gasteiger partial charge in [-0.3, -0.25) is 4.79 Å². The molecule has 1 atom stereocenters. The molecule has 3 aromatic rings. The average Bonchev–Trinajstić information content (AvgIpc) is 3.27. The van der Waals surface area contributed by atoms with Crippen LogP contribution in [-0.4, -0.2) is 41.9 Å². The maximum atomic E-state index is 12.9. The molecule has 0 bridgehead atoms. The fourth-order valence-electron chi connectivity index (χ4n) is 3.58. The van der Waals surface area contributed by atoms with E-state index in [1.165, 1.54) is 28.6 Å². The molecule has 0 saturated carbocycles. The SMILES string of the molecule is Cc1ccc(-c2noc(CNC(=O)[C@H]3CCCN(S(=O)(=O)c4ccc(Cl)cc4)C3)n2)cc1. The fraction of sp³-hybridized carbons (Fsp3) is 0.318. The predicted octanol–water partition coefficient (Wildman–Crippen LogP) is 3.42. The molecule has 1 saturated heterocycles. The maximum Gasteiger partial charge on any atom is 0.246 e. The number of amides is 1. The van der Waals surface area contributed by atoms with Crippen LogP contribution in [0.15, 0.2) is 57.9 Å². The molecule has 10 heteroatoms. The Balaban J connectivity index is 1.36. The Morgan fingerprint density at radius 1 is 1.19 bits per heavy atom. The third kappa shape index (κ3) is 5.01. The first kappa shape index (κ1) is 22.4. The van der Waals surface area contributed by atoms with E-state index in [-0.39, 0.29) is 29.8 Å². The fourth-order valence-corrected chi connectivity index (χ4v) is 5.23. The minimum Gasteiger partial charge on any atom is -0.347 e. The molecule has 1 fully saturated rings. The molecular weight excluding hydrogens is 452 g/mol. The second kappa shape index (κ2) is 9.40. The number of carbonyl (C=O) groups excluding carboxylic acids is 1. The van der Waals surface area contributed by atoms with Crippen molar-refractivity contribution in [1.29, 1.82) is 0 Å². The Morgan fingerprint density at radius 3 is 2.62 bits per heavy atom. The van der Waals surface area contributed by atoms with Gasteiger partial charge in [0, 0.05) is 23.7 Å². The molecule has 32 heavy (non-hydrogen) atoms. The quantitative estimate of drug-likeness (QED) is 0.586. The van der Waals surface area contributed by atoms with E-state index in [0.717, 1.165) is 11.1 Å². The molecule has 1 amide bonds. The van der Waals surface area contributed by atoms with Crippen LogP contribution in [0.5, 0.6) is 0 Å². The van der Waals surface area contributed by atoms with Gasteiger partial charge in [-0.15, -0.1) is 0 Å². The highest BCUT2D eigenvalue weighted by Gasteiger charge is 2.33. The van der Waals surface area contributed by atoms with Crippen LogP contribution < -0.4 is 5.32 Å². The van der Waals surface area contributed by atoms with Gasteiger partial charge in [0.05, 0.1) is 17.4 Å². The molecule has 168 valence electrons. The van der Waals surface area contributed by atoms with Gasteiger partial charge in [-0.2, -0.15) is 9.29 Å². The van der Waals surface area contributed by atoms with Crippen molar-refractivity contribution in [3.63, 3.8) is 0 Å². The number of piperidine rings is 1. The van der Waals surface area contributed by atoms with Gasteiger partial charge < -0.3 is 9.84 Å². The van der Waals surface area contributed by atoms with Crippen LogP contribution in [0, 0.1) is 12.8 Å². The summed E-state index contributed by atoms with van der Waals surface area (Å²) in [5.41, 5.74) is 1.96. The second-order valence-electron chi connectivity index (χ2n) is 7.75.